The SMILES string of the molecule is CN(CCc1ccc2c(c1)CO/C2=C1/C(=O)Nc2ccc(F)cc21)C1CCS(=O)(=O)C1. The van der Waals surface area contributed by atoms with Crippen molar-refractivity contribution in [2.45, 2.75) is 25.5 Å². The second-order valence-electron chi connectivity index (χ2n) is 8.42. The summed E-state index contributed by atoms with van der Waals surface area (Å²) in [5, 5.41) is 2.77. The molecule has 3 heterocycles. The van der Waals surface area contributed by atoms with Crippen molar-refractivity contribution >= 4 is 32.8 Å². The maximum Gasteiger partial charge on any atom is 0.260 e. The molecule has 162 valence electrons. The number of ether oxygens (including phenoxy) is 1. The molecule has 1 amide bonds. The fourth-order valence-corrected chi connectivity index (χ4v) is 6.36. The van der Waals surface area contributed by atoms with Gasteiger partial charge in [0.1, 0.15) is 18.2 Å². The lowest BCUT2D eigenvalue weighted by atomic mass is 9.98. The third kappa shape index (κ3) is 3.74. The summed E-state index contributed by atoms with van der Waals surface area (Å²) in [6.07, 6.45) is 1.48. The molecule has 0 aromatic heterocycles. The lowest BCUT2D eigenvalue weighted by Crippen LogP contribution is -2.34. The van der Waals surface area contributed by atoms with Crippen molar-refractivity contribution < 1.29 is 22.3 Å². The Morgan fingerprint density at radius 1 is 1.19 bits per heavy atom. The standard InChI is InChI=1S/C23H23FN2O4S/c1-26(17-7-9-31(28,29)13-17)8-6-14-2-4-18-15(10-14)12-30-22(18)21-19-11-16(24)3-5-20(19)25-23(21)27/h2-5,10-11,17H,6-9,12-13H2,1H3,(H,25,27)/b22-21+. The minimum atomic E-state index is -2.89. The first-order chi connectivity index (χ1) is 14.8. The summed E-state index contributed by atoms with van der Waals surface area (Å²) in [6.45, 7) is 1.12. The van der Waals surface area contributed by atoms with Crippen LogP contribution in [0.15, 0.2) is 36.4 Å². The number of halogens is 1. The van der Waals surface area contributed by atoms with Crippen LogP contribution in [-0.2, 0) is 32.4 Å². The molecule has 2 aromatic rings. The molecule has 3 aliphatic heterocycles. The van der Waals surface area contributed by atoms with Crippen LogP contribution in [0.2, 0.25) is 0 Å². The van der Waals surface area contributed by atoms with Gasteiger partial charge < -0.3 is 15.0 Å². The molecule has 1 N–H and O–H groups in total. The number of sulfone groups is 1. The van der Waals surface area contributed by atoms with E-state index in [1.807, 2.05) is 19.2 Å². The van der Waals surface area contributed by atoms with Crippen molar-refractivity contribution in [2.75, 3.05) is 30.4 Å². The second kappa shape index (κ2) is 7.46. The Balaban J connectivity index is 1.36. The van der Waals surface area contributed by atoms with Crippen molar-refractivity contribution in [2.24, 2.45) is 0 Å². The van der Waals surface area contributed by atoms with Crippen molar-refractivity contribution in [3.05, 3.63) is 64.5 Å². The number of nitrogens with zero attached hydrogens (tertiary/aromatic N) is 1. The van der Waals surface area contributed by atoms with Gasteiger partial charge in [-0.25, -0.2) is 12.8 Å². The maximum atomic E-state index is 13.8. The summed E-state index contributed by atoms with van der Waals surface area (Å²) in [5.74, 6) is 0.303. The lowest BCUT2D eigenvalue weighted by molar-refractivity contribution is -0.110. The number of likely N-dealkylation sites (N-methyl/N-ethyl adjacent to an activating group) is 1. The summed E-state index contributed by atoms with van der Waals surface area (Å²) < 4.78 is 43.1. The molecule has 0 aliphatic carbocycles. The number of carbonyl (C=O) groups is 1. The molecule has 3 aliphatic rings. The average molecular weight is 443 g/mol. The third-order valence-corrected chi connectivity index (χ3v) is 8.07. The molecule has 6 nitrogen and oxygen atoms in total. The van der Waals surface area contributed by atoms with E-state index in [-0.39, 0.29) is 23.5 Å². The molecule has 8 heteroatoms. The molecule has 1 fully saturated rings. The van der Waals surface area contributed by atoms with Crippen LogP contribution in [0, 0.1) is 5.82 Å². The Morgan fingerprint density at radius 3 is 2.81 bits per heavy atom. The highest BCUT2D eigenvalue weighted by molar-refractivity contribution is 7.91. The molecular weight excluding hydrogens is 419 g/mol. The summed E-state index contributed by atoms with van der Waals surface area (Å²) >= 11 is 0. The van der Waals surface area contributed by atoms with E-state index in [0.29, 0.717) is 35.6 Å². The molecule has 0 radical (unpaired) electrons. The fourth-order valence-electron chi connectivity index (χ4n) is 4.55. The van der Waals surface area contributed by atoms with Crippen molar-refractivity contribution in [1.82, 2.24) is 4.90 Å². The van der Waals surface area contributed by atoms with Crippen LogP contribution < -0.4 is 5.32 Å². The number of hydrogen-bond acceptors (Lipinski definition) is 5. The van der Waals surface area contributed by atoms with E-state index in [1.165, 1.54) is 12.1 Å². The number of fused-ring (bicyclic) bond motifs is 2. The molecule has 5 rings (SSSR count). The van der Waals surface area contributed by atoms with Crippen molar-refractivity contribution in [1.29, 1.82) is 0 Å². The predicted octanol–water partition coefficient (Wildman–Crippen LogP) is 2.84. The van der Waals surface area contributed by atoms with Gasteiger partial charge in [-0.15, -0.1) is 0 Å². The van der Waals surface area contributed by atoms with E-state index >= 15 is 0 Å². The van der Waals surface area contributed by atoms with Crippen LogP contribution in [0.5, 0.6) is 0 Å². The average Bonchev–Trinajstić information content (AvgIpc) is 3.39. The molecular formula is C23H23FN2O4S. The van der Waals surface area contributed by atoms with E-state index in [9.17, 15) is 17.6 Å². The first-order valence-electron chi connectivity index (χ1n) is 10.3. The van der Waals surface area contributed by atoms with Gasteiger partial charge in [0.05, 0.1) is 17.1 Å². The lowest BCUT2D eigenvalue weighted by Gasteiger charge is -2.23. The number of amides is 1. The monoisotopic (exact) mass is 442 g/mol. The van der Waals surface area contributed by atoms with E-state index in [1.54, 1.807) is 6.07 Å². The van der Waals surface area contributed by atoms with Gasteiger partial charge in [0.2, 0.25) is 0 Å². The highest BCUT2D eigenvalue weighted by atomic mass is 32.2. The normalized spacial score (nSPS) is 23.6. The Labute approximate surface area is 180 Å². The van der Waals surface area contributed by atoms with Gasteiger partial charge in [-0.05, 0) is 43.7 Å². The number of benzene rings is 2. The van der Waals surface area contributed by atoms with E-state index in [2.05, 4.69) is 16.3 Å². The number of carbonyl (C=O) groups excluding carboxylic acids is 1. The van der Waals surface area contributed by atoms with Crippen LogP contribution in [0.3, 0.4) is 0 Å². The van der Waals surface area contributed by atoms with Crippen LogP contribution >= 0.6 is 0 Å². The van der Waals surface area contributed by atoms with Gasteiger partial charge in [-0.2, -0.15) is 0 Å². The predicted molar refractivity (Wildman–Crippen MR) is 116 cm³/mol. The topological polar surface area (TPSA) is 75.7 Å². The first kappa shape index (κ1) is 20.2. The molecule has 1 saturated heterocycles. The van der Waals surface area contributed by atoms with Gasteiger partial charge in [-0.3, -0.25) is 4.79 Å². The largest absolute Gasteiger partial charge is 0.487 e. The van der Waals surface area contributed by atoms with Gasteiger partial charge in [0.25, 0.3) is 5.91 Å². The molecule has 0 bridgehead atoms. The zero-order chi connectivity index (χ0) is 21.8. The Morgan fingerprint density at radius 2 is 2.03 bits per heavy atom. The zero-order valence-electron chi connectivity index (χ0n) is 17.2. The van der Waals surface area contributed by atoms with Gasteiger partial charge in [0.15, 0.2) is 9.84 Å². The Kier molecular flexibility index (Phi) is 4.86. The fraction of sp³-hybridized carbons (Fsp3) is 0.348. The van der Waals surface area contributed by atoms with E-state index in [4.69, 9.17) is 4.74 Å². The Hall–Kier alpha value is -2.71. The summed E-state index contributed by atoms with van der Waals surface area (Å²) in [5.41, 5.74) is 4.43. The van der Waals surface area contributed by atoms with Gasteiger partial charge in [-0.1, -0.05) is 18.2 Å². The van der Waals surface area contributed by atoms with E-state index in [0.717, 1.165) is 29.7 Å². The summed E-state index contributed by atoms with van der Waals surface area (Å²) in [6, 6.07) is 10.3. The van der Waals surface area contributed by atoms with Crippen LogP contribution in [0.25, 0.3) is 11.3 Å². The second-order valence-corrected chi connectivity index (χ2v) is 10.6. The smallest absolute Gasteiger partial charge is 0.260 e. The van der Waals surface area contributed by atoms with Gasteiger partial charge in [0, 0.05) is 35.0 Å². The maximum absolute atomic E-state index is 13.8. The van der Waals surface area contributed by atoms with Crippen LogP contribution in [0.4, 0.5) is 10.1 Å². The number of anilines is 1. The zero-order valence-corrected chi connectivity index (χ0v) is 18.0. The van der Waals surface area contributed by atoms with Gasteiger partial charge >= 0.3 is 0 Å². The summed E-state index contributed by atoms with van der Waals surface area (Å²) in [4.78, 5) is 14.7. The Bertz CT molecular complexity index is 1220. The summed E-state index contributed by atoms with van der Waals surface area (Å²) in [7, 11) is -0.922. The van der Waals surface area contributed by atoms with Crippen LogP contribution in [-0.4, -0.2) is 50.4 Å². The van der Waals surface area contributed by atoms with Crippen molar-refractivity contribution in [3.8, 4) is 0 Å². The molecule has 1 unspecified atom stereocenters. The molecule has 1 atom stereocenters. The minimum absolute atomic E-state index is 0.0837. The first-order valence-corrected chi connectivity index (χ1v) is 12.1. The molecule has 0 spiro atoms. The molecule has 0 saturated carbocycles. The molecule has 2 aromatic carbocycles. The highest BCUT2D eigenvalue weighted by Crippen LogP contribution is 2.42. The number of hydrogen-bond donors (Lipinski definition) is 1. The molecule has 31 heavy (non-hydrogen) atoms. The quantitative estimate of drug-likeness (QED) is 0.737. The minimum Gasteiger partial charge on any atom is -0.487 e. The number of nitrogens with one attached hydrogen (secondary N) is 1. The third-order valence-electron chi connectivity index (χ3n) is 6.32. The van der Waals surface area contributed by atoms with Crippen molar-refractivity contribution in [3.63, 3.8) is 0 Å². The number of rotatable bonds is 4. The van der Waals surface area contributed by atoms with E-state index < -0.39 is 15.7 Å². The highest BCUT2D eigenvalue weighted by Gasteiger charge is 2.33. The van der Waals surface area contributed by atoms with Crippen LogP contribution in [0.1, 0.15) is 28.7 Å².